The van der Waals surface area contributed by atoms with E-state index in [4.69, 9.17) is 5.73 Å². The minimum atomic E-state index is 0.328. The number of hydrogen-bond donors (Lipinski definition) is 1. The van der Waals surface area contributed by atoms with Crippen molar-refractivity contribution in [2.24, 2.45) is 11.7 Å². The highest BCUT2D eigenvalue weighted by atomic mass is 15.3. The van der Waals surface area contributed by atoms with Gasteiger partial charge in [0.15, 0.2) is 0 Å². The number of rotatable bonds is 3. The maximum Gasteiger partial charge on any atom is 0.0338 e. The first kappa shape index (κ1) is 13.8. The fourth-order valence-corrected chi connectivity index (χ4v) is 4.97. The highest BCUT2D eigenvalue weighted by Crippen LogP contribution is 2.42. The first-order chi connectivity index (χ1) is 9.18. The molecule has 2 heterocycles. The van der Waals surface area contributed by atoms with Crippen molar-refractivity contribution in [2.45, 2.75) is 70.0 Å². The van der Waals surface area contributed by atoms with Gasteiger partial charge < -0.3 is 5.73 Å². The lowest BCUT2D eigenvalue weighted by Gasteiger charge is -2.51. The molecule has 3 rings (SSSR count). The van der Waals surface area contributed by atoms with Gasteiger partial charge in [0.05, 0.1) is 0 Å². The van der Waals surface area contributed by atoms with Crippen LogP contribution in [-0.4, -0.2) is 53.6 Å². The van der Waals surface area contributed by atoms with Crippen molar-refractivity contribution < 1.29 is 0 Å². The fraction of sp³-hybridized carbons (Fsp3) is 1.00. The van der Waals surface area contributed by atoms with Crippen LogP contribution in [0, 0.1) is 5.92 Å². The Hall–Kier alpha value is -0.120. The lowest BCUT2D eigenvalue weighted by molar-refractivity contribution is -0.0197. The molecule has 0 aromatic heterocycles. The molecule has 4 unspecified atom stereocenters. The Morgan fingerprint density at radius 1 is 1.26 bits per heavy atom. The highest BCUT2D eigenvalue weighted by Gasteiger charge is 2.47. The SMILES string of the molecule is CCC1CCC(CN)(N2CC3CCCN3CC2C)C1. The van der Waals surface area contributed by atoms with E-state index in [1.54, 1.807) is 0 Å². The Morgan fingerprint density at radius 3 is 2.79 bits per heavy atom. The summed E-state index contributed by atoms with van der Waals surface area (Å²) >= 11 is 0. The van der Waals surface area contributed by atoms with Crippen LogP contribution < -0.4 is 5.73 Å². The number of nitrogens with zero attached hydrogens (tertiary/aromatic N) is 2. The molecular formula is C16H31N3. The van der Waals surface area contributed by atoms with Gasteiger partial charge in [-0.2, -0.15) is 0 Å². The topological polar surface area (TPSA) is 32.5 Å². The van der Waals surface area contributed by atoms with Gasteiger partial charge in [0.1, 0.15) is 0 Å². The van der Waals surface area contributed by atoms with Crippen LogP contribution in [-0.2, 0) is 0 Å². The number of hydrogen-bond acceptors (Lipinski definition) is 3. The monoisotopic (exact) mass is 265 g/mol. The number of nitrogens with two attached hydrogens (primary N) is 1. The summed E-state index contributed by atoms with van der Waals surface area (Å²) in [7, 11) is 0. The molecule has 1 aliphatic carbocycles. The molecule has 0 aromatic carbocycles. The number of fused-ring (bicyclic) bond motifs is 1. The van der Waals surface area contributed by atoms with E-state index in [0.717, 1.165) is 18.5 Å². The van der Waals surface area contributed by atoms with E-state index in [9.17, 15) is 0 Å². The summed E-state index contributed by atoms with van der Waals surface area (Å²) in [5, 5.41) is 0. The van der Waals surface area contributed by atoms with Gasteiger partial charge in [-0.15, -0.1) is 0 Å². The Kier molecular flexibility index (Phi) is 3.89. The summed E-state index contributed by atoms with van der Waals surface area (Å²) in [6, 6.07) is 1.51. The van der Waals surface area contributed by atoms with Crippen molar-refractivity contribution in [1.82, 2.24) is 9.80 Å². The maximum absolute atomic E-state index is 6.26. The van der Waals surface area contributed by atoms with E-state index in [1.165, 1.54) is 58.2 Å². The van der Waals surface area contributed by atoms with Gasteiger partial charge in [0, 0.05) is 37.3 Å². The molecule has 2 saturated heterocycles. The summed E-state index contributed by atoms with van der Waals surface area (Å²) in [5.41, 5.74) is 6.59. The molecule has 2 aliphatic heterocycles. The maximum atomic E-state index is 6.26. The molecule has 0 bridgehead atoms. The van der Waals surface area contributed by atoms with Gasteiger partial charge in [0.25, 0.3) is 0 Å². The number of piperazine rings is 1. The summed E-state index contributed by atoms with van der Waals surface area (Å²) in [4.78, 5) is 5.53. The molecule has 2 N–H and O–H groups in total. The van der Waals surface area contributed by atoms with Crippen LogP contribution in [0.1, 0.15) is 52.4 Å². The quantitative estimate of drug-likeness (QED) is 0.848. The summed E-state index contributed by atoms with van der Waals surface area (Å²) in [6.07, 6.45) is 8.21. The van der Waals surface area contributed by atoms with Gasteiger partial charge in [-0.05, 0) is 51.5 Å². The van der Waals surface area contributed by atoms with Crippen LogP contribution in [0.15, 0.2) is 0 Å². The van der Waals surface area contributed by atoms with Crippen molar-refractivity contribution in [3.8, 4) is 0 Å². The van der Waals surface area contributed by atoms with Crippen LogP contribution in [0.5, 0.6) is 0 Å². The molecule has 3 aliphatic rings. The summed E-state index contributed by atoms with van der Waals surface area (Å²) in [6.45, 7) is 9.50. The zero-order chi connectivity index (χ0) is 13.5. The minimum absolute atomic E-state index is 0.328. The Labute approximate surface area is 118 Å². The van der Waals surface area contributed by atoms with Crippen LogP contribution >= 0.6 is 0 Å². The van der Waals surface area contributed by atoms with E-state index in [1.807, 2.05) is 0 Å². The second-order valence-electron chi connectivity index (χ2n) is 7.24. The largest absolute Gasteiger partial charge is 0.329 e. The smallest absolute Gasteiger partial charge is 0.0338 e. The molecule has 1 saturated carbocycles. The van der Waals surface area contributed by atoms with Crippen molar-refractivity contribution in [3.63, 3.8) is 0 Å². The molecule has 3 nitrogen and oxygen atoms in total. The van der Waals surface area contributed by atoms with Crippen molar-refractivity contribution >= 4 is 0 Å². The minimum Gasteiger partial charge on any atom is -0.329 e. The van der Waals surface area contributed by atoms with Gasteiger partial charge in [-0.3, -0.25) is 9.80 Å². The Bertz CT molecular complexity index is 319. The Morgan fingerprint density at radius 2 is 2.11 bits per heavy atom. The van der Waals surface area contributed by atoms with Crippen molar-refractivity contribution in [3.05, 3.63) is 0 Å². The van der Waals surface area contributed by atoms with Crippen molar-refractivity contribution in [2.75, 3.05) is 26.2 Å². The third-order valence-electron chi connectivity index (χ3n) is 6.19. The summed E-state index contributed by atoms with van der Waals surface area (Å²) in [5.74, 6) is 0.914. The normalized spacial score (nSPS) is 44.7. The average Bonchev–Trinajstić information content (AvgIpc) is 3.03. The molecule has 0 amide bonds. The van der Waals surface area contributed by atoms with Gasteiger partial charge in [0.2, 0.25) is 0 Å². The first-order valence-electron chi connectivity index (χ1n) is 8.39. The van der Waals surface area contributed by atoms with E-state index in [-0.39, 0.29) is 0 Å². The van der Waals surface area contributed by atoms with Gasteiger partial charge in [-0.25, -0.2) is 0 Å². The third kappa shape index (κ3) is 2.34. The zero-order valence-electron chi connectivity index (χ0n) is 12.8. The van der Waals surface area contributed by atoms with Crippen LogP contribution in [0.4, 0.5) is 0 Å². The van der Waals surface area contributed by atoms with E-state index in [2.05, 4.69) is 23.6 Å². The van der Waals surface area contributed by atoms with Crippen LogP contribution in [0.25, 0.3) is 0 Å². The van der Waals surface area contributed by atoms with Crippen molar-refractivity contribution in [1.29, 1.82) is 0 Å². The second kappa shape index (κ2) is 5.34. The molecular weight excluding hydrogens is 234 g/mol. The molecule has 0 spiro atoms. The first-order valence-corrected chi connectivity index (χ1v) is 8.39. The molecule has 19 heavy (non-hydrogen) atoms. The van der Waals surface area contributed by atoms with Gasteiger partial charge >= 0.3 is 0 Å². The Balaban J connectivity index is 1.75. The van der Waals surface area contributed by atoms with Crippen LogP contribution in [0.3, 0.4) is 0 Å². The standard InChI is InChI=1S/C16H31N3/c1-3-14-6-7-16(9-14,12-17)19-11-15-5-4-8-18(15)10-13(19)2/h13-15H,3-12,17H2,1-2H3. The van der Waals surface area contributed by atoms with E-state index >= 15 is 0 Å². The molecule has 3 fully saturated rings. The van der Waals surface area contributed by atoms with E-state index < -0.39 is 0 Å². The second-order valence-corrected chi connectivity index (χ2v) is 7.24. The zero-order valence-corrected chi connectivity index (χ0v) is 12.8. The molecule has 0 aromatic rings. The van der Waals surface area contributed by atoms with E-state index in [0.29, 0.717) is 11.6 Å². The van der Waals surface area contributed by atoms with Crippen LogP contribution in [0.2, 0.25) is 0 Å². The lowest BCUT2D eigenvalue weighted by atomic mass is 9.89. The lowest BCUT2D eigenvalue weighted by Crippen LogP contribution is -2.64. The molecule has 3 heteroatoms. The molecule has 110 valence electrons. The predicted octanol–water partition coefficient (Wildman–Crippen LogP) is 2.06. The van der Waals surface area contributed by atoms with Gasteiger partial charge in [-0.1, -0.05) is 13.3 Å². The predicted molar refractivity (Wildman–Crippen MR) is 80.2 cm³/mol. The molecule has 0 radical (unpaired) electrons. The average molecular weight is 265 g/mol. The fourth-order valence-electron chi connectivity index (χ4n) is 4.97. The third-order valence-corrected chi connectivity index (χ3v) is 6.19. The summed E-state index contributed by atoms with van der Waals surface area (Å²) < 4.78 is 0. The molecule has 4 atom stereocenters. The highest BCUT2D eigenvalue weighted by molar-refractivity contribution is 5.04.